The molecule has 3 heterocycles. The number of nitrogens with zero attached hydrogens (tertiary/aromatic N) is 2. The van der Waals surface area contributed by atoms with Gasteiger partial charge in [0.05, 0.1) is 18.5 Å². The first kappa shape index (κ1) is 35.4. The molecule has 14 heteroatoms. The highest BCUT2D eigenvalue weighted by molar-refractivity contribution is 7.91. The molecule has 4 amide bonds. The van der Waals surface area contributed by atoms with Gasteiger partial charge in [0.2, 0.25) is 21.8 Å². The maximum atomic E-state index is 14.5. The minimum absolute atomic E-state index is 0.0422. The Morgan fingerprint density at radius 3 is 2.47 bits per heavy atom. The number of nitrogens with one attached hydrogen (secondary N) is 3. The van der Waals surface area contributed by atoms with Crippen LogP contribution >= 0.6 is 0 Å². The lowest BCUT2D eigenvalue weighted by molar-refractivity contribution is -0.141. The summed E-state index contributed by atoms with van der Waals surface area (Å²) in [6.45, 7) is 0.685. The normalized spacial score (nSPS) is 29.2. The van der Waals surface area contributed by atoms with Gasteiger partial charge in [0.25, 0.3) is 5.91 Å². The van der Waals surface area contributed by atoms with Crippen LogP contribution in [0.4, 0.5) is 9.18 Å². The van der Waals surface area contributed by atoms with Crippen LogP contribution in [0.2, 0.25) is 0 Å². The first-order chi connectivity index (χ1) is 24.6. The largest absolute Gasteiger partial charge is 0.449 e. The molecule has 274 valence electrons. The molecule has 5 atom stereocenters. The van der Waals surface area contributed by atoms with Crippen molar-refractivity contribution in [3.63, 3.8) is 0 Å². The van der Waals surface area contributed by atoms with Crippen LogP contribution in [0, 0.1) is 5.92 Å². The number of alkyl halides is 1. The van der Waals surface area contributed by atoms with Gasteiger partial charge < -0.3 is 20.3 Å². The molecular weight excluding hydrogens is 678 g/mol. The van der Waals surface area contributed by atoms with Crippen LogP contribution in [0.5, 0.6) is 0 Å². The Labute approximate surface area is 297 Å². The molecule has 12 nitrogen and oxygen atoms in total. The van der Waals surface area contributed by atoms with Crippen molar-refractivity contribution >= 4 is 44.6 Å². The number of fused-ring (bicyclic) bond motifs is 2. The Balaban J connectivity index is 1.18. The first-order valence-corrected chi connectivity index (χ1v) is 19.7. The summed E-state index contributed by atoms with van der Waals surface area (Å²) in [5, 5.41) is 7.38. The van der Waals surface area contributed by atoms with Crippen LogP contribution in [-0.2, 0) is 42.2 Å². The fourth-order valence-electron chi connectivity index (χ4n) is 7.96. The van der Waals surface area contributed by atoms with Crippen molar-refractivity contribution in [2.45, 2.75) is 106 Å². The molecule has 3 fully saturated rings. The van der Waals surface area contributed by atoms with E-state index in [1.165, 1.54) is 10.3 Å². The molecular formula is C37H46FN5O7S. The second kappa shape index (κ2) is 14.5. The van der Waals surface area contributed by atoms with Crippen molar-refractivity contribution in [1.82, 2.24) is 25.2 Å². The smallest absolute Gasteiger partial charge is 0.407 e. The highest BCUT2D eigenvalue weighted by Gasteiger charge is 2.62. The standard InChI is InChI=1S/C37H46FN5O7S/c38-17-8-18-50-36(47)39-30-14-5-3-1-2-4-13-27-20-37(27,35(46)41-51(48,49)29-15-16-29)40-33(44)31-19-28(23-43(31)34(30)45)42-21-25-11-6-9-24-10-7-12-26(22-42)32(24)25/h4,6-7,9-13,27-31H,1-3,5,8,14-23H2,(H,39,47)(H,40,44)(H,41,46)/b13-4+/t27?,28-,30?,31?,37?/m1/s1. The van der Waals surface area contributed by atoms with E-state index in [0.717, 1.165) is 29.4 Å². The van der Waals surface area contributed by atoms with Crippen LogP contribution in [-0.4, -0.2) is 90.8 Å². The number of hydrogen-bond donors (Lipinski definition) is 3. The van der Waals surface area contributed by atoms with Gasteiger partial charge >= 0.3 is 6.09 Å². The van der Waals surface area contributed by atoms with Gasteiger partial charge in [-0.25, -0.2) is 13.2 Å². The van der Waals surface area contributed by atoms with Gasteiger partial charge in [-0.3, -0.25) is 28.4 Å². The molecule has 2 aliphatic carbocycles. The van der Waals surface area contributed by atoms with Crippen LogP contribution in [0.25, 0.3) is 10.8 Å². The Kier molecular flexibility index (Phi) is 10.1. The molecule has 2 aromatic carbocycles. The Hall–Kier alpha value is -4.04. The number of allylic oxidation sites excluding steroid dienone is 1. The van der Waals surface area contributed by atoms with E-state index in [2.05, 4.69) is 44.5 Å². The van der Waals surface area contributed by atoms with E-state index in [1.807, 2.05) is 24.3 Å². The maximum absolute atomic E-state index is 14.5. The van der Waals surface area contributed by atoms with E-state index in [1.54, 1.807) is 0 Å². The third-order valence-electron chi connectivity index (χ3n) is 11.0. The predicted molar refractivity (Wildman–Crippen MR) is 187 cm³/mol. The molecule has 2 aromatic rings. The molecule has 0 bridgehead atoms. The van der Waals surface area contributed by atoms with E-state index in [9.17, 15) is 32.0 Å². The number of alkyl carbamates (subject to hydrolysis) is 1. The van der Waals surface area contributed by atoms with Crippen LogP contribution in [0.1, 0.15) is 75.3 Å². The zero-order valence-electron chi connectivity index (χ0n) is 28.7. The third-order valence-corrected chi connectivity index (χ3v) is 12.8. The highest BCUT2D eigenvalue weighted by atomic mass is 32.2. The van der Waals surface area contributed by atoms with E-state index >= 15 is 0 Å². The molecule has 0 radical (unpaired) electrons. The second-order valence-corrected chi connectivity index (χ2v) is 16.6. The molecule has 0 aromatic heterocycles. The lowest BCUT2D eigenvalue weighted by Crippen LogP contribution is -2.58. The third kappa shape index (κ3) is 7.48. The summed E-state index contributed by atoms with van der Waals surface area (Å²) in [6.07, 6.45) is 7.76. The van der Waals surface area contributed by atoms with Crippen molar-refractivity contribution in [1.29, 1.82) is 0 Å². The quantitative estimate of drug-likeness (QED) is 0.276. The van der Waals surface area contributed by atoms with E-state index in [4.69, 9.17) is 4.74 Å². The second-order valence-electron chi connectivity index (χ2n) is 14.6. The summed E-state index contributed by atoms with van der Waals surface area (Å²) in [6, 6.07) is 10.2. The fraction of sp³-hybridized carbons (Fsp3) is 0.568. The van der Waals surface area contributed by atoms with Gasteiger partial charge in [-0.2, -0.15) is 0 Å². The average Bonchev–Trinajstić information content (AvgIpc) is 4.03. The summed E-state index contributed by atoms with van der Waals surface area (Å²) in [7, 11) is -3.87. The summed E-state index contributed by atoms with van der Waals surface area (Å²) in [4.78, 5) is 59.1. The van der Waals surface area contributed by atoms with Gasteiger partial charge in [-0.1, -0.05) is 61.4 Å². The SMILES string of the molecule is O=C(NC1CCCCC/C=C/C2CC2(C(=O)NS(=O)(=O)C2CC2)NC(=O)C2C[C@@H](N3Cc4cccc5cccc(c45)C3)CN2C1=O)OCCCF. The zero-order valence-corrected chi connectivity index (χ0v) is 29.5. The molecule has 5 aliphatic rings. The van der Waals surface area contributed by atoms with Gasteiger partial charge in [0, 0.05) is 38.0 Å². The fourth-order valence-corrected chi connectivity index (χ4v) is 9.33. The Morgan fingerprint density at radius 2 is 1.76 bits per heavy atom. The molecule has 0 spiro atoms. The Bertz CT molecular complexity index is 1790. The van der Waals surface area contributed by atoms with Crippen LogP contribution < -0.4 is 15.4 Å². The lowest BCUT2D eigenvalue weighted by atomic mass is 9.94. The number of sulfonamides is 1. The van der Waals surface area contributed by atoms with Gasteiger partial charge in [-0.05, 0) is 66.8 Å². The number of ether oxygens (including phenoxy) is 1. The predicted octanol–water partition coefficient (Wildman–Crippen LogP) is 3.58. The molecule has 51 heavy (non-hydrogen) atoms. The monoisotopic (exact) mass is 723 g/mol. The van der Waals surface area contributed by atoms with E-state index < -0.39 is 69.3 Å². The molecule has 3 aliphatic heterocycles. The zero-order chi connectivity index (χ0) is 35.8. The van der Waals surface area contributed by atoms with Crippen LogP contribution in [0.3, 0.4) is 0 Å². The topological polar surface area (TPSA) is 154 Å². The van der Waals surface area contributed by atoms with Crippen molar-refractivity contribution < 1.29 is 36.7 Å². The van der Waals surface area contributed by atoms with Gasteiger partial charge in [0.15, 0.2) is 0 Å². The van der Waals surface area contributed by atoms with Crippen molar-refractivity contribution in [3.05, 3.63) is 59.7 Å². The minimum atomic E-state index is -3.87. The Morgan fingerprint density at radius 1 is 1.02 bits per heavy atom. The lowest BCUT2D eigenvalue weighted by Gasteiger charge is -2.34. The van der Waals surface area contributed by atoms with Gasteiger partial charge in [-0.15, -0.1) is 0 Å². The van der Waals surface area contributed by atoms with Crippen LogP contribution in [0.15, 0.2) is 48.6 Å². The maximum Gasteiger partial charge on any atom is 0.407 e. The van der Waals surface area contributed by atoms with E-state index in [-0.39, 0.29) is 38.5 Å². The van der Waals surface area contributed by atoms with E-state index in [0.29, 0.717) is 45.2 Å². The number of hydrogen-bond acceptors (Lipinski definition) is 8. The molecule has 3 N–H and O–H groups in total. The number of benzene rings is 2. The first-order valence-electron chi connectivity index (χ1n) is 18.2. The van der Waals surface area contributed by atoms with Crippen molar-refractivity contribution in [2.24, 2.45) is 5.92 Å². The van der Waals surface area contributed by atoms with Crippen molar-refractivity contribution in [2.75, 3.05) is 19.8 Å². The number of rotatable bonds is 8. The molecule has 7 rings (SSSR count). The summed E-state index contributed by atoms with van der Waals surface area (Å²) in [5.74, 6) is -2.13. The van der Waals surface area contributed by atoms with Crippen molar-refractivity contribution in [3.8, 4) is 0 Å². The minimum Gasteiger partial charge on any atom is -0.449 e. The number of carbonyl (C=O) groups is 4. The summed E-state index contributed by atoms with van der Waals surface area (Å²) in [5.41, 5.74) is 0.857. The van der Waals surface area contributed by atoms with Gasteiger partial charge in [0.1, 0.15) is 17.6 Å². The number of amides is 4. The molecule has 4 unspecified atom stereocenters. The average molecular weight is 724 g/mol. The molecule has 2 saturated carbocycles. The molecule has 1 saturated heterocycles. The highest BCUT2D eigenvalue weighted by Crippen LogP contribution is 2.46. The summed E-state index contributed by atoms with van der Waals surface area (Å²) < 4.78 is 45.7. The number of carbonyl (C=O) groups excluding carboxylic acids is 4. The summed E-state index contributed by atoms with van der Waals surface area (Å²) >= 11 is 0. The number of halogens is 1.